The summed E-state index contributed by atoms with van der Waals surface area (Å²) in [5.41, 5.74) is 1.38. The van der Waals surface area contributed by atoms with Crippen molar-refractivity contribution in [2.45, 2.75) is 6.54 Å². The van der Waals surface area contributed by atoms with Gasteiger partial charge in [0.05, 0.1) is 5.69 Å². The molecule has 0 spiro atoms. The minimum Gasteiger partial charge on any atom is -0.451 e. The molecule has 3 aromatic heterocycles. The molecule has 0 aliphatic carbocycles. The molecule has 4 heterocycles. The van der Waals surface area contributed by atoms with E-state index in [2.05, 4.69) is 9.88 Å². The Hall–Kier alpha value is -3.30. The maximum atomic E-state index is 13.1. The van der Waals surface area contributed by atoms with Crippen molar-refractivity contribution in [2.24, 2.45) is 0 Å². The average Bonchev–Trinajstić information content (AvgIpc) is 3.44. The third-order valence-corrected chi connectivity index (χ3v) is 6.10. The first-order valence-electron chi connectivity index (χ1n) is 9.90. The quantitative estimate of drug-likeness (QED) is 0.490. The maximum absolute atomic E-state index is 13.1. The van der Waals surface area contributed by atoms with Crippen molar-refractivity contribution in [2.75, 3.05) is 26.2 Å². The number of aromatic nitrogens is 2. The van der Waals surface area contributed by atoms with Gasteiger partial charge in [0.15, 0.2) is 10.7 Å². The van der Waals surface area contributed by atoms with Crippen LogP contribution < -0.4 is 5.56 Å². The number of thiazole rings is 1. The van der Waals surface area contributed by atoms with Gasteiger partial charge in [-0.25, -0.2) is 9.37 Å². The van der Waals surface area contributed by atoms with Gasteiger partial charge in [0.25, 0.3) is 11.5 Å². The molecule has 0 radical (unpaired) electrons. The summed E-state index contributed by atoms with van der Waals surface area (Å²) in [4.78, 5) is 34.2. The zero-order chi connectivity index (χ0) is 21.4. The molecule has 31 heavy (non-hydrogen) atoms. The number of piperazine rings is 1. The highest BCUT2D eigenvalue weighted by Gasteiger charge is 2.25. The number of fused-ring (bicyclic) bond motifs is 1. The third kappa shape index (κ3) is 4.01. The fourth-order valence-corrected chi connectivity index (χ4v) is 4.42. The zero-order valence-corrected chi connectivity index (χ0v) is 17.3. The first-order valence-corrected chi connectivity index (χ1v) is 10.8. The molecule has 0 bridgehead atoms. The molecule has 0 saturated carbocycles. The van der Waals surface area contributed by atoms with Crippen LogP contribution in [0.4, 0.5) is 4.39 Å². The normalized spacial score (nSPS) is 14.9. The van der Waals surface area contributed by atoms with Gasteiger partial charge in [-0.15, -0.1) is 11.3 Å². The molecule has 0 atom stereocenters. The van der Waals surface area contributed by atoms with E-state index in [1.807, 2.05) is 5.38 Å². The summed E-state index contributed by atoms with van der Waals surface area (Å²) in [5, 5.41) is 1.84. The standard InChI is InChI=1S/C22H19FN4O3S/c23-16-3-1-15(2-4-16)18-5-6-19(30-18)21(29)26-9-7-25(8-10-26)14-17-13-20(28)27-11-12-31-22(27)24-17/h1-6,11-13H,7-10,14H2. The summed E-state index contributed by atoms with van der Waals surface area (Å²) in [5.74, 6) is 0.318. The SMILES string of the molecule is O=C(c1ccc(-c2ccc(F)cc2)o1)N1CCN(Cc2cc(=O)n3ccsc3n2)CC1. The summed E-state index contributed by atoms with van der Waals surface area (Å²) in [6, 6.07) is 10.9. The van der Waals surface area contributed by atoms with Crippen LogP contribution >= 0.6 is 11.3 Å². The number of rotatable bonds is 4. The highest BCUT2D eigenvalue weighted by atomic mass is 32.1. The van der Waals surface area contributed by atoms with Crippen LogP contribution in [0.2, 0.25) is 0 Å². The second-order valence-corrected chi connectivity index (χ2v) is 8.25. The highest BCUT2D eigenvalue weighted by Crippen LogP contribution is 2.23. The Kier molecular flexibility index (Phi) is 5.13. The summed E-state index contributed by atoms with van der Waals surface area (Å²) in [6.45, 7) is 3.06. The Balaban J connectivity index is 1.21. The van der Waals surface area contributed by atoms with Crippen LogP contribution in [0.25, 0.3) is 16.3 Å². The summed E-state index contributed by atoms with van der Waals surface area (Å²) in [6.07, 6.45) is 1.72. The van der Waals surface area contributed by atoms with Gasteiger partial charge in [-0.3, -0.25) is 18.9 Å². The minimum atomic E-state index is -0.319. The molecule has 7 nitrogen and oxygen atoms in total. The lowest BCUT2D eigenvalue weighted by Gasteiger charge is -2.34. The number of benzene rings is 1. The first kappa shape index (κ1) is 19.7. The average molecular weight is 438 g/mol. The Bertz CT molecular complexity index is 1290. The smallest absolute Gasteiger partial charge is 0.289 e. The Morgan fingerprint density at radius 1 is 1.10 bits per heavy atom. The Labute approximate surface area is 181 Å². The molecule has 1 aliphatic heterocycles. The van der Waals surface area contributed by atoms with E-state index >= 15 is 0 Å². The van der Waals surface area contributed by atoms with Crippen molar-refractivity contribution in [3.05, 3.63) is 81.7 Å². The van der Waals surface area contributed by atoms with E-state index in [1.54, 1.807) is 41.4 Å². The minimum absolute atomic E-state index is 0.0789. The fraction of sp³-hybridized carbons (Fsp3) is 0.227. The monoisotopic (exact) mass is 438 g/mol. The zero-order valence-electron chi connectivity index (χ0n) is 16.5. The van der Waals surface area contributed by atoms with Crippen LogP contribution in [0.3, 0.4) is 0 Å². The van der Waals surface area contributed by atoms with Crippen molar-refractivity contribution >= 4 is 22.2 Å². The number of halogens is 1. The van der Waals surface area contributed by atoms with Crippen molar-refractivity contribution < 1.29 is 13.6 Å². The number of nitrogens with zero attached hydrogens (tertiary/aromatic N) is 4. The number of hydrogen-bond donors (Lipinski definition) is 0. The van der Waals surface area contributed by atoms with Crippen LogP contribution in [0, 0.1) is 5.82 Å². The maximum Gasteiger partial charge on any atom is 0.289 e. The summed E-state index contributed by atoms with van der Waals surface area (Å²) in [7, 11) is 0. The number of carbonyl (C=O) groups is 1. The molecule has 1 aromatic carbocycles. The van der Waals surface area contributed by atoms with Crippen LogP contribution in [-0.2, 0) is 6.54 Å². The second-order valence-electron chi connectivity index (χ2n) is 7.38. The van der Waals surface area contributed by atoms with Gasteiger partial charge >= 0.3 is 0 Å². The van der Waals surface area contributed by atoms with Gasteiger partial charge in [0.1, 0.15) is 11.6 Å². The van der Waals surface area contributed by atoms with Crippen LogP contribution in [-0.4, -0.2) is 51.3 Å². The first-order chi connectivity index (χ1) is 15.1. The van der Waals surface area contributed by atoms with Gasteiger partial charge in [-0.2, -0.15) is 0 Å². The predicted octanol–water partition coefficient (Wildman–Crippen LogP) is 3.11. The van der Waals surface area contributed by atoms with Crippen molar-refractivity contribution in [1.82, 2.24) is 19.2 Å². The Morgan fingerprint density at radius 3 is 2.65 bits per heavy atom. The lowest BCUT2D eigenvalue weighted by atomic mass is 10.2. The van der Waals surface area contributed by atoms with E-state index in [-0.39, 0.29) is 23.0 Å². The van der Waals surface area contributed by atoms with E-state index in [9.17, 15) is 14.0 Å². The lowest BCUT2D eigenvalue weighted by Crippen LogP contribution is -2.48. The van der Waals surface area contributed by atoms with E-state index < -0.39 is 0 Å². The summed E-state index contributed by atoms with van der Waals surface area (Å²) < 4.78 is 20.4. The molecule has 1 saturated heterocycles. The van der Waals surface area contributed by atoms with E-state index in [0.29, 0.717) is 43.4 Å². The van der Waals surface area contributed by atoms with Crippen LogP contribution in [0.5, 0.6) is 0 Å². The van der Waals surface area contributed by atoms with Gasteiger partial charge in [-0.05, 0) is 36.4 Å². The third-order valence-electron chi connectivity index (χ3n) is 5.35. The van der Waals surface area contributed by atoms with Gasteiger partial charge < -0.3 is 9.32 Å². The van der Waals surface area contributed by atoms with Crippen LogP contribution in [0.15, 0.2) is 63.3 Å². The van der Waals surface area contributed by atoms with Gasteiger partial charge in [-0.1, -0.05) is 0 Å². The van der Waals surface area contributed by atoms with E-state index in [0.717, 1.165) is 11.3 Å². The fourth-order valence-electron chi connectivity index (χ4n) is 3.68. The topological polar surface area (TPSA) is 71.1 Å². The van der Waals surface area contributed by atoms with Crippen LogP contribution in [0.1, 0.15) is 16.2 Å². The van der Waals surface area contributed by atoms with Gasteiger partial charge in [0.2, 0.25) is 0 Å². The second kappa shape index (κ2) is 8.09. The number of hydrogen-bond acceptors (Lipinski definition) is 6. The van der Waals surface area contributed by atoms with Crippen molar-refractivity contribution in [1.29, 1.82) is 0 Å². The van der Waals surface area contributed by atoms with E-state index in [4.69, 9.17) is 4.42 Å². The highest BCUT2D eigenvalue weighted by molar-refractivity contribution is 7.15. The summed E-state index contributed by atoms with van der Waals surface area (Å²) >= 11 is 1.43. The largest absolute Gasteiger partial charge is 0.451 e. The molecule has 1 fully saturated rings. The lowest BCUT2D eigenvalue weighted by molar-refractivity contribution is 0.0597. The number of carbonyl (C=O) groups excluding carboxylic acids is 1. The molecule has 0 unspecified atom stereocenters. The Morgan fingerprint density at radius 2 is 1.87 bits per heavy atom. The molecule has 158 valence electrons. The molecule has 9 heteroatoms. The molecule has 1 aliphatic rings. The molecule has 0 N–H and O–H groups in total. The van der Waals surface area contributed by atoms with Crippen molar-refractivity contribution in [3.63, 3.8) is 0 Å². The molecule has 1 amide bonds. The molecule has 4 aromatic rings. The molecule has 5 rings (SSSR count). The number of amides is 1. The molecular formula is C22H19FN4O3S. The predicted molar refractivity (Wildman–Crippen MR) is 115 cm³/mol. The van der Waals surface area contributed by atoms with Crippen molar-refractivity contribution in [3.8, 4) is 11.3 Å². The molecular weight excluding hydrogens is 419 g/mol. The number of furan rings is 1. The van der Waals surface area contributed by atoms with E-state index in [1.165, 1.54) is 27.9 Å². The van der Waals surface area contributed by atoms with Gasteiger partial charge in [0, 0.05) is 55.9 Å².